The van der Waals surface area contributed by atoms with Crippen LogP contribution in [0.3, 0.4) is 0 Å². The molecule has 0 fully saturated rings. The first-order valence-corrected chi connectivity index (χ1v) is 6.86. The van der Waals surface area contributed by atoms with Crippen LogP contribution in [0.25, 0.3) is 0 Å². The highest BCUT2D eigenvalue weighted by Gasteiger charge is 2.46. The van der Waals surface area contributed by atoms with Gasteiger partial charge in [0.05, 0.1) is 4.90 Å². The Kier molecular flexibility index (Phi) is 4.01. The lowest BCUT2D eigenvalue weighted by Crippen LogP contribution is -2.23. The van der Waals surface area contributed by atoms with Crippen LogP contribution in [0.15, 0.2) is 29.2 Å². The smallest absolute Gasteiger partial charge is 0.214 e. The van der Waals surface area contributed by atoms with Gasteiger partial charge in [-0.3, -0.25) is 0 Å². The monoisotopic (exact) mass is 316 g/mol. The molecule has 0 unspecified atom stereocenters. The zero-order chi connectivity index (χ0) is 12.4. The third-order valence-corrected chi connectivity index (χ3v) is 3.78. The van der Waals surface area contributed by atoms with E-state index in [9.17, 15) is 21.6 Å². The zero-order valence-corrected chi connectivity index (χ0v) is 10.4. The van der Waals surface area contributed by atoms with Gasteiger partial charge >= 0.3 is 5.51 Å². The minimum absolute atomic E-state index is 0.473. The van der Waals surface area contributed by atoms with Crippen molar-refractivity contribution in [3.63, 3.8) is 0 Å². The molecule has 0 aliphatic heterocycles. The molecule has 1 aromatic carbocycles. The number of hydrogen-bond donors (Lipinski definition) is 0. The summed E-state index contributed by atoms with van der Waals surface area (Å²) in [6.07, 6.45) is 0.473. The molecule has 2 nitrogen and oxygen atoms in total. The molecule has 0 N–H and O–H groups in total. The van der Waals surface area contributed by atoms with Crippen LogP contribution in [0.2, 0.25) is 0 Å². The van der Waals surface area contributed by atoms with Gasteiger partial charge in [-0.1, -0.05) is 28.1 Å². The molecule has 0 aromatic heterocycles. The standard InChI is InChI=1S/C9H8BrF3O2S/c10-5-4-7-2-1-3-8(6-7)16(14,15)9(11,12)13/h1-3,6H,4-5H2. The largest absolute Gasteiger partial charge is 0.501 e. The predicted molar refractivity (Wildman–Crippen MR) is 57.2 cm³/mol. The van der Waals surface area contributed by atoms with Gasteiger partial charge in [-0.25, -0.2) is 8.42 Å². The molecular formula is C9H8BrF3O2S. The van der Waals surface area contributed by atoms with E-state index in [0.717, 1.165) is 12.1 Å². The van der Waals surface area contributed by atoms with Crippen LogP contribution >= 0.6 is 15.9 Å². The van der Waals surface area contributed by atoms with E-state index in [2.05, 4.69) is 15.9 Å². The zero-order valence-electron chi connectivity index (χ0n) is 7.96. The summed E-state index contributed by atoms with van der Waals surface area (Å²) in [6, 6.07) is 4.87. The predicted octanol–water partition coefficient (Wildman–Crippen LogP) is 2.92. The average molecular weight is 317 g/mol. The van der Waals surface area contributed by atoms with Crippen LogP contribution < -0.4 is 0 Å². The van der Waals surface area contributed by atoms with E-state index in [1.54, 1.807) is 6.07 Å². The number of sulfone groups is 1. The lowest BCUT2D eigenvalue weighted by atomic mass is 10.2. The summed E-state index contributed by atoms with van der Waals surface area (Å²) >= 11 is 3.13. The lowest BCUT2D eigenvalue weighted by molar-refractivity contribution is -0.0436. The fourth-order valence-electron chi connectivity index (χ4n) is 1.11. The molecule has 7 heteroatoms. The number of halogens is 4. The second-order valence-electron chi connectivity index (χ2n) is 3.04. The van der Waals surface area contributed by atoms with E-state index in [1.165, 1.54) is 6.07 Å². The molecule has 1 rings (SSSR count). The van der Waals surface area contributed by atoms with Gasteiger partial charge in [-0.15, -0.1) is 0 Å². The van der Waals surface area contributed by atoms with Gasteiger partial charge in [0.15, 0.2) is 0 Å². The molecule has 90 valence electrons. The topological polar surface area (TPSA) is 34.1 Å². The third-order valence-electron chi connectivity index (χ3n) is 1.90. The maximum atomic E-state index is 12.2. The Morgan fingerprint density at radius 3 is 2.38 bits per heavy atom. The highest BCUT2D eigenvalue weighted by molar-refractivity contribution is 9.09. The maximum absolute atomic E-state index is 12.2. The van der Waals surface area contributed by atoms with Crippen molar-refractivity contribution in [2.75, 3.05) is 5.33 Å². The summed E-state index contributed by atoms with van der Waals surface area (Å²) in [5.41, 5.74) is -4.71. The fourth-order valence-corrected chi connectivity index (χ4v) is 2.40. The van der Waals surface area contributed by atoms with Crippen LogP contribution in [0.5, 0.6) is 0 Å². The fraction of sp³-hybridized carbons (Fsp3) is 0.333. The average Bonchev–Trinajstić information content (AvgIpc) is 2.17. The van der Waals surface area contributed by atoms with E-state index in [1.807, 2.05) is 0 Å². The number of hydrogen-bond acceptors (Lipinski definition) is 2. The first-order chi connectivity index (χ1) is 7.29. The highest BCUT2D eigenvalue weighted by atomic mass is 79.9. The second-order valence-corrected chi connectivity index (χ2v) is 5.77. The van der Waals surface area contributed by atoms with Crippen molar-refractivity contribution in [1.82, 2.24) is 0 Å². The van der Waals surface area contributed by atoms with Gasteiger partial charge < -0.3 is 0 Å². The first-order valence-electron chi connectivity index (χ1n) is 4.25. The molecule has 0 aliphatic rings. The molecule has 0 radical (unpaired) electrons. The minimum Gasteiger partial charge on any atom is -0.214 e. The van der Waals surface area contributed by atoms with Crippen LogP contribution in [-0.2, 0) is 16.3 Å². The third kappa shape index (κ3) is 2.76. The van der Waals surface area contributed by atoms with Gasteiger partial charge in [-0.2, -0.15) is 13.2 Å². The van der Waals surface area contributed by atoms with Gasteiger partial charge in [-0.05, 0) is 24.1 Å². The summed E-state index contributed by atoms with van der Waals surface area (Å²) in [6.45, 7) is 0. The van der Waals surface area contributed by atoms with Crippen LogP contribution in [0.1, 0.15) is 5.56 Å². The summed E-state index contributed by atoms with van der Waals surface area (Å²) in [7, 11) is -5.23. The van der Waals surface area contributed by atoms with Crippen LogP contribution in [0, 0.1) is 0 Å². The van der Waals surface area contributed by atoms with Crippen molar-refractivity contribution < 1.29 is 21.6 Å². The number of alkyl halides is 4. The summed E-state index contributed by atoms with van der Waals surface area (Å²) in [5, 5.41) is 0.558. The van der Waals surface area contributed by atoms with Crippen molar-refractivity contribution in [3.05, 3.63) is 29.8 Å². The minimum atomic E-state index is -5.25. The Bertz CT molecular complexity index is 468. The van der Waals surface area contributed by atoms with Gasteiger partial charge in [0, 0.05) is 5.33 Å². The number of benzene rings is 1. The molecule has 0 spiro atoms. The molecule has 0 bridgehead atoms. The van der Waals surface area contributed by atoms with E-state index in [-0.39, 0.29) is 0 Å². The van der Waals surface area contributed by atoms with E-state index in [4.69, 9.17) is 0 Å². The van der Waals surface area contributed by atoms with Gasteiger partial charge in [0.25, 0.3) is 9.84 Å². The lowest BCUT2D eigenvalue weighted by Gasteiger charge is -2.08. The van der Waals surface area contributed by atoms with Crippen molar-refractivity contribution in [3.8, 4) is 0 Å². The van der Waals surface area contributed by atoms with Gasteiger partial charge in [0.2, 0.25) is 0 Å². The maximum Gasteiger partial charge on any atom is 0.501 e. The number of rotatable bonds is 3. The Morgan fingerprint density at radius 2 is 1.88 bits per heavy atom. The summed E-state index contributed by atoms with van der Waals surface area (Å²) < 4.78 is 58.9. The Morgan fingerprint density at radius 1 is 1.25 bits per heavy atom. The van der Waals surface area contributed by atoms with Crippen molar-refractivity contribution in [2.24, 2.45) is 0 Å². The molecule has 16 heavy (non-hydrogen) atoms. The molecular weight excluding hydrogens is 309 g/mol. The van der Waals surface area contributed by atoms with E-state index in [0.29, 0.717) is 17.3 Å². The Balaban J connectivity index is 3.20. The van der Waals surface area contributed by atoms with Crippen LogP contribution in [0.4, 0.5) is 13.2 Å². The van der Waals surface area contributed by atoms with Gasteiger partial charge in [0.1, 0.15) is 0 Å². The summed E-state index contributed by atoms with van der Waals surface area (Å²) in [5.74, 6) is 0. The van der Waals surface area contributed by atoms with Crippen molar-refractivity contribution >= 4 is 25.8 Å². The molecule has 0 saturated carbocycles. The van der Waals surface area contributed by atoms with E-state index < -0.39 is 20.2 Å². The SMILES string of the molecule is O=S(=O)(c1cccc(CCBr)c1)C(F)(F)F. The number of aryl methyl sites for hydroxylation is 1. The molecule has 0 aliphatic carbocycles. The molecule has 0 amide bonds. The Hall–Kier alpha value is -0.560. The molecule has 0 atom stereocenters. The van der Waals surface area contributed by atoms with Crippen molar-refractivity contribution in [1.29, 1.82) is 0 Å². The molecule has 0 heterocycles. The van der Waals surface area contributed by atoms with Crippen molar-refractivity contribution in [2.45, 2.75) is 16.8 Å². The van der Waals surface area contributed by atoms with Crippen LogP contribution in [-0.4, -0.2) is 19.3 Å². The highest BCUT2D eigenvalue weighted by Crippen LogP contribution is 2.30. The quantitative estimate of drug-likeness (QED) is 0.803. The second kappa shape index (κ2) is 4.75. The van der Waals surface area contributed by atoms with E-state index >= 15 is 0 Å². The summed E-state index contributed by atoms with van der Waals surface area (Å²) in [4.78, 5) is -0.710. The normalized spacial score (nSPS) is 12.8. The molecule has 0 saturated heterocycles. The Labute approximate surface area is 99.5 Å². The first kappa shape index (κ1) is 13.5. The molecule has 1 aromatic rings.